The molecule has 5 rings (SSSR count). The van der Waals surface area contributed by atoms with E-state index in [9.17, 15) is 26.7 Å². The standard InChI is InChI=1S/C24H19Cl2F3N2O5S/c25-13-1-7-20-17(9-13)18-10-14(26)2-8-21(18)31(20)22-12-35-11-19(23(22)32)30-37(33,34)16-5-3-15(4-6-16)36-24(27,28)29/h1-10,19,22-23,30,32H,11-12H2/t19-,22+,23+/m1/s1. The van der Waals surface area contributed by atoms with Crippen LogP contribution in [0.15, 0.2) is 65.6 Å². The molecule has 0 amide bonds. The number of aliphatic hydroxyl groups excluding tert-OH is 1. The zero-order valence-corrected chi connectivity index (χ0v) is 21.1. The summed E-state index contributed by atoms with van der Waals surface area (Å²) in [6.07, 6.45) is -6.11. The summed E-state index contributed by atoms with van der Waals surface area (Å²) in [5, 5.41) is 13.9. The number of halogens is 5. The molecule has 0 bridgehead atoms. The van der Waals surface area contributed by atoms with Gasteiger partial charge in [-0.3, -0.25) is 0 Å². The monoisotopic (exact) mass is 574 g/mol. The highest BCUT2D eigenvalue weighted by molar-refractivity contribution is 7.89. The second-order valence-corrected chi connectivity index (χ2v) is 11.1. The van der Waals surface area contributed by atoms with Crippen LogP contribution in [0.1, 0.15) is 6.04 Å². The van der Waals surface area contributed by atoms with E-state index in [1.165, 1.54) is 0 Å². The number of ether oxygens (including phenoxy) is 2. The molecule has 0 unspecified atom stereocenters. The molecule has 7 nitrogen and oxygen atoms in total. The molecule has 1 fully saturated rings. The fourth-order valence-corrected chi connectivity index (χ4v) is 6.14. The third-order valence-corrected chi connectivity index (χ3v) is 8.10. The van der Waals surface area contributed by atoms with Crippen molar-refractivity contribution in [3.8, 4) is 5.75 Å². The Hall–Kier alpha value is -2.54. The van der Waals surface area contributed by atoms with Crippen molar-refractivity contribution in [1.29, 1.82) is 0 Å². The van der Waals surface area contributed by atoms with E-state index < -0.39 is 40.3 Å². The molecule has 1 saturated heterocycles. The van der Waals surface area contributed by atoms with E-state index in [0.717, 1.165) is 46.1 Å². The minimum absolute atomic E-state index is 0.104. The number of hydrogen-bond donors (Lipinski definition) is 2. The van der Waals surface area contributed by atoms with Gasteiger partial charge in [0.05, 0.1) is 36.3 Å². The molecule has 0 spiro atoms. The Morgan fingerprint density at radius 1 is 0.946 bits per heavy atom. The molecule has 0 aliphatic carbocycles. The minimum Gasteiger partial charge on any atom is -0.406 e. The van der Waals surface area contributed by atoms with Crippen molar-refractivity contribution in [3.63, 3.8) is 0 Å². The number of aliphatic hydroxyl groups is 1. The lowest BCUT2D eigenvalue weighted by Gasteiger charge is -2.36. The second-order valence-electron chi connectivity index (χ2n) is 8.54. The Bertz CT molecular complexity index is 1520. The molecule has 2 heterocycles. The van der Waals surface area contributed by atoms with Gasteiger partial charge in [0.25, 0.3) is 0 Å². The van der Waals surface area contributed by atoms with E-state index in [-0.39, 0.29) is 18.1 Å². The second kappa shape index (κ2) is 9.64. The summed E-state index contributed by atoms with van der Waals surface area (Å²) in [7, 11) is -4.21. The fraction of sp³-hybridized carbons (Fsp3) is 0.250. The smallest absolute Gasteiger partial charge is 0.406 e. The third-order valence-electron chi connectivity index (χ3n) is 6.12. The first-order chi connectivity index (χ1) is 17.4. The number of sulfonamides is 1. The Morgan fingerprint density at radius 3 is 2.05 bits per heavy atom. The normalized spacial score (nSPS) is 21.0. The topological polar surface area (TPSA) is 89.8 Å². The van der Waals surface area contributed by atoms with Crippen LogP contribution in [0.25, 0.3) is 21.8 Å². The van der Waals surface area contributed by atoms with Gasteiger partial charge in [0.2, 0.25) is 10.0 Å². The van der Waals surface area contributed by atoms with Crippen molar-refractivity contribution < 1.29 is 36.2 Å². The van der Waals surface area contributed by atoms with Gasteiger partial charge in [0.1, 0.15) is 5.75 Å². The number of fused-ring (bicyclic) bond motifs is 3. The number of nitrogens with zero attached hydrogens (tertiary/aromatic N) is 1. The summed E-state index contributed by atoms with van der Waals surface area (Å²) >= 11 is 12.4. The summed E-state index contributed by atoms with van der Waals surface area (Å²) in [6, 6.07) is 12.6. The maximum atomic E-state index is 13.0. The van der Waals surface area contributed by atoms with Crippen LogP contribution in [0.5, 0.6) is 5.75 Å². The molecule has 196 valence electrons. The number of nitrogens with one attached hydrogen (secondary N) is 1. The predicted octanol–water partition coefficient (Wildman–Crippen LogP) is 5.28. The molecule has 3 atom stereocenters. The van der Waals surface area contributed by atoms with Gasteiger partial charge >= 0.3 is 6.36 Å². The van der Waals surface area contributed by atoms with Crippen molar-refractivity contribution >= 4 is 55.0 Å². The Balaban J connectivity index is 1.45. The predicted molar refractivity (Wildman–Crippen MR) is 133 cm³/mol. The number of benzene rings is 3. The minimum atomic E-state index is -4.90. The number of aromatic nitrogens is 1. The van der Waals surface area contributed by atoms with Gasteiger partial charge in [-0.15, -0.1) is 13.2 Å². The van der Waals surface area contributed by atoms with Crippen LogP contribution >= 0.6 is 23.2 Å². The summed E-state index contributed by atoms with van der Waals surface area (Å²) in [5.74, 6) is -0.556. The lowest BCUT2D eigenvalue weighted by Crippen LogP contribution is -2.53. The Kier molecular flexibility index (Phi) is 6.80. The lowest BCUT2D eigenvalue weighted by molar-refractivity contribution is -0.274. The molecule has 0 saturated carbocycles. The van der Waals surface area contributed by atoms with E-state index in [4.69, 9.17) is 27.9 Å². The number of rotatable bonds is 5. The quantitative estimate of drug-likeness (QED) is 0.338. The summed E-state index contributed by atoms with van der Waals surface area (Å²) < 4.78 is 76.9. The summed E-state index contributed by atoms with van der Waals surface area (Å²) in [6.45, 7) is -0.00599. The first-order valence-corrected chi connectivity index (χ1v) is 13.2. The zero-order valence-electron chi connectivity index (χ0n) is 18.7. The van der Waals surface area contributed by atoms with Crippen molar-refractivity contribution in [2.75, 3.05) is 13.2 Å². The van der Waals surface area contributed by atoms with E-state index in [0.29, 0.717) is 10.0 Å². The number of hydrogen-bond acceptors (Lipinski definition) is 5. The molecule has 37 heavy (non-hydrogen) atoms. The van der Waals surface area contributed by atoms with Gasteiger partial charge in [-0.2, -0.15) is 0 Å². The lowest BCUT2D eigenvalue weighted by atomic mass is 10.0. The first-order valence-electron chi connectivity index (χ1n) is 11.0. The molecule has 1 aliphatic rings. The van der Waals surface area contributed by atoms with Crippen molar-refractivity contribution in [3.05, 3.63) is 70.7 Å². The van der Waals surface area contributed by atoms with Gasteiger partial charge < -0.3 is 19.1 Å². The van der Waals surface area contributed by atoms with Gasteiger partial charge in [0.15, 0.2) is 0 Å². The van der Waals surface area contributed by atoms with Crippen LogP contribution in [-0.4, -0.2) is 49.8 Å². The molecule has 3 aromatic carbocycles. The van der Waals surface area contributed by atoms with Crippen LogP contribution in [0, 0.1) is 0 Å². The molecule has 0 radical (unpaired) electrons. The van der Waals surface area contributed by atoms with Gasteiger partial charge in [-0.05, 0) is 60.7 Å². The van der Waals surface area contributed by atoms with Crippen LogP contribution < -0.4 is 9.46 Å². The molecular weight excluding hydrogens is 556 g/mol. The largest absolute Gasteiger partial charge is 0.573 e. The highest BCUT2D eigenvalue weighted by Crippen LogP contribution is 2.37. The Morgan fingerprint density at radius 2 is 1.51 bits per heavy atom. The Labute approximate surface area is 219 Å². The van der Waals surface area contributed by atoms with E-state index in [1.807, 2.05) is 4.57 Å². The summed E-state index contributed by atoms with van der Waals surface area (Å²) in [4.78, 5) is -0.294. The van der Waals surface area contributed by atoms with Gasteiger partial charge in [-0.25, -0.2) is 13.1 Å². The molecule has 1 aliphatic heterocycles. The molecular formula is C24H19Cl2F3N2O5S. The third kappa shape index (κ3) is 5.25. The van der Waals surface area contributed by atoms with E-state index in [2.05, 4.69) is 9.46 Å². The zero-order chi connectivity index (χ0) is 26.5. The molecule has 4 aromatic rings. The van der Waals surface area contributed by atoms with E-state index >= 15 is 0 Å². The summed E-state index contributed by atoms with van der Waals surface area (Å²) in [5.41, 5.74) is 1.50. The van der Waals surface area contributed by atoms with Crippen molar-refractivity contribution in [1.82, 2.24) is 9.29 Å². The van der Waals surface area contributed by atoms with Crippen LogP contribution in [0.4, 0.5) is 13.2 Å². The maximum absolute atomic E-state index is 13.0. The average molecular weight is 575 g/mol. The molecule has 13 heteroatoms. The molecule has 2 N–H and O–H groups in total. The van der Waals surface area contributed by atoms with Crippen LogP contribution in [0.2, 0.25) is 10.0 Å². The SMILES string of the molecule is O=S(=O)(N[C@@H]1COC[C@H](n2c3ccc(Cl)cc3c3cc(Cl)ccc32)[C@H]1O)c1ccc(OC(F)(F)F)cc1. The van der Waals surface area contributed by atoms with Crippen LogP contribution in [0.3, 0.4) is 0 Å². The fourth-order valence-electron chi connectivity index (χ4n) is 4.56. The van der Waals surface area contributed by atoms with Crippen LogP contribution in [-0.2, 0) is 14.8 Å². The first kappa shape index (κ1) is 26.1. The maximum Gasteiger partial charge on any atom is 0.573 e. The van der Waals surface area contributed by atoms with E-state index in [1.54, 1.807) is 36.4 Å². The van der Waals surface area contributed by atoms with Gasteiger partial charge in [0, 0.05) is 31.9 Å². The van der Waals surface area contributed by atoms with Gasteiger partial charge in [-0.1, -0.05) is 23.2 Å². The highest BCUT2D eigenvalue weighted by atomic mass is 35.5. The van der Waals surface area contributed by atoms with Crippen molar-refractivity contribution in [2.45, 2.75) is 29.4 Å². The molecule has 1 aromatic heterocycles. The van der Waals surface area contributed by atoms with Crippen molar-refractivity contribution in [2.24, 2.45) is 0 Å². The highest BCUT2D eigenvalue weighted by Gasteiger charge is 2.38. The average Bonchev–Trinajstić information content (AvgIpc) is 3.12. The number of alkyl halides is 3.